The lowest BCUT2D eigenvalue weighted by molar-refractivity contribution is 0.00446. The molecule has 0 aromatic rings. The van der Waals surface area contributed by atoms with E-state index in [0.717, 1.165) is 12.0 Å². The van der Waals surface area contributed by atoms with E-state index >= 15 is 0 Å². The summed E-state index contributed by atoms with van der Waals surface area (Å²) in [5, 5.41) is 0. The van der Waals surface area contributed by atoms with Crippen molar-refractivity contribution in [3.63, 3.8) is 0 Å². The number of hydrogen-bond donors (Lipinski definition) is 0. The van der Waals surface area contributed by atoms with E-state index < -0.39 is 0 Å². The average molecular weight is 211 g/mol. The molecule has 0 aliphatic carbocycles. The van der Waals surface area contributed by atoms with Gasteiger partial charge in [-0.2, -0.15) is 0 Å². The SMILES string of the molecule is CC(C)CN1CC(N2CCN(C)CC2)C1. The Labute approximate surface area is 94.0 Å². The molecule has 0 amide bonds. The number of likely N-dealkylation sites (tertiary alicyclic amines) is 1. The molecule has 3 heteroatoms. The zero-order valence-corrected chi connectivity index (χ0v) is 10.4. The Bertz CT molecular complexity index is 191. The van der Waals surface area contributed by atoms with Gasteiger partial charge in [-0.15, -0.1) is 0 Å². The van der Waals surface area contributed by atoms with Crippen LogP contribution in [0.3, 0.4) is 0 Å². The van der Waals surface area contributed by atoms with Crippen molar-refractivity contribution in [3.8, 4) is 0 Å². The third-order valence-electron chi connectivity index (χ3n) is 3.62. The molecule has 0 radical (unpaired) electrons. The largest absolute Gasteiger partial charge is 0.304 e. The van der Waals surface area contributed by atoms with Gasteiger partial charge in [0, 0.05) is 51.9 Å². The highest BCUT2D eigenvalue weighted by molar-refractivity contribution is 4.90. The fraction of sp³-hybridized carbons (Fsp3) is 1.00. The first-order valence-corrected chi connectivity index (χ1v) is 6.30. The van der Waals surface area contributed by atoms with Gasteiger partial charge in [0.2, 0.25) is 0 Å². The summed E-state index contributed by atoms with van der Waals surface area (Å²) < 4.78 is 0. The van der Waals surface area contributed by atoms with Crippen molar-refractivity contribution >= 4 is 0 Å². The first kappa shape index (κ1) is 11.4. The van der Waals surface area contributed by atoms with Gasteiger partial charge in [0.15, 0.2) is 0 Å². The van der Waals surface area contributed by atoms with Crippen molar-refractivity contribution in [2.24, 2.45) is 5.92 Å². The van der Waals surface area contributed by atoms with Crippen molar-refractivity contribution in [1.29, 1.82) is 0 Å². The van der Waals surface area contributed by atoms with Crippen LogP contribution in [0.2, 0.25) is 0 Å². The van der Waals surface area contributed by atoms with Gasteiger partial charge >= 0.3 is 0 Å². The van der Waals surface area contributed by atoms with Crippen molar-refractivity contribution in [2.45, 2.75) is 19.9 Å². The van der Waals surface area contributed by atoms with Gasteiger partial charge in [0.05, 0.1) is 0 Å². The molecule has 2 aliphatic heterocycles. The summed E-state index contributed by atoms with van der Waals surface area (Å²) in [6, 6.07) is 0.859. The standard InChI is InChI=1S/C12H25N3/c1-11(2)8-14-9-12(10-14)15-6-4-13(3)5-7-15/h11-12H,4-10H2,1-3H3. The van der Waals surface area contributed by atoms with E-state index in [4.69, 9.17) is 0 Å². The molecule has 2 heterocycles. The van der Waals surface area contributed by atoms with E-state index in [2.05, 4.69) is 35.6 Å². The lowest BCUT2D eigenvalue weighted by atomic mass is 10.0. The highest BCUT2D eigenvalue weighted by Gasteiger charge is 2.32. The lowest BCUT2D eigenvalue weighted by Gasteiger charge is -2.48. The molecule has 0 bridgehead atoms. The monoisotopic (exact) mass is 211 g/mol. The summed E-state index contributed by atoms with van der Waals surface area (Å²) >= 11 is 0. The fourth-order valence-corrected chi connectivity index (χ4v) is 2.63. The zero-order valence-electron chi connectivity index (χ0n) is 10.4. The summed E-state index contributed by atoms with van der Waals surface area (Å²) in [7, 11) is 2.23. The number of likely N-dealkylation sites (N-methyl/N-ethyl adjacent to an activating group) is 1. The maximum absolute atomic E-state index is 2.68. The van der Waals surface area contributed by atoms with Crippen molar-refractivity contribution in [1.82, 2.24) is 14.7 Å². The van der Waals surface area contributed by atoms with Crippen LogP contribution >= 0.6 is 0 Å². The van der Waals surface area contributed by atoms with Gasteiger partial charge in [-0.05, 0) is 13.0 Å². The van der Waals surface area contributed by atoms with Crippen molar-refractivity contribution in [3.05, 3.63) is 0 Å². The molecule has 2 rings (SSSR count). The van der Waals surface area contributed by atoms with Crippen LogP contribution in [0.25, 0.3) is 0 Å². The predicted octanol–water partition coefficient (Wildman–Crippen LogP) is 0.574. The molecule has 0 N–H and O–H groups in total. The summed E-state index contributed by atoms with van der Waals surface area (Å²) in [6.07, 6.45) is 0. The topological polar surface area (TPSA) is 9.72 Å². The van der Waals surface area contributed by atoms with Crippen LogP contribution in [0, 0.1) is 5.92 Å². The normalized spacial score (nSPS) is 27.2. The van der Waals surface area contributed by atoms with Gasteiger partial charge in [-0.1, -0.05) is 13.8 Å². The molecule has 2 saturated heterocycles. The maximum Gasteiger partial charge on any atom is 0.0351 e. The van der Waals surface area contributed by atoms with Crippen LogP contribution < -0.4 is 0 Å². The van der Waals surface area contributed by atoms with Crippen molar-refractivity contribution < 1.29 is 0 Å². The Hall–Kier alpha value is -0.120. The summed E-state index contributed by atoms with van der Waals surface area (Å²) in [5.41, 5.74) is 0. The second kappa shape index (κ2) is 4.81. The van der Waals surface area contributed by atoms with Crippen LogP contribution in [-0.4, -0.2) is 73.6 Å². The van der Waals surface area contributed by atoms with E-state index in [1.165, 1.54) is 45.8 Å². The summed E-state index contributed by atoms with van der Waals surface area (Å²) in [6.45, 7) is 13.6. The maximum atomic E-state index is 2.68. The van der Waals surface area contributed by atoms with Gasteiger partial charge < -0.3 is 4.90 Å². The third kappa shape index (κ3) is 2.92. The average Bonchev–Trinajstić information content (AvgIpc) is 2.12. The van der Waals surface area contributed by atoms with Gasteiger partial charge in [0.1, 0.15) is 0 Å². The van der Waals surface area contributed by atoms with Gasteiger partial charge in [-0.3, -0.25) is 9.80 Å². The Morgan fingerprint density at radius 3 is 2.20 bits per heavy atom. The molecule has 0 aromatic carbocycles. The summed E-state index contributed by atoms with van der Waals surface area (Å²) in [4.78, 5) is 7.70. The first-order valence-electron chi connectivity index (χ1n) is 6.30. The number of nitrogens with zero attached hydrogens (tertiary/aromatic N) is 3. The Kier molecular flexibility index (Phi) is 3.65. The molecule has 0 spiro atoms. The number of rotatable bonds is 3. The van der Waals surface area contributed by atoms with E-state index in [0.29, 0.717) is 0 Å². The fourth-order valence-electron chi connectivity index (χ4n) is 2.63. The van der Waals surface area contributed by atoms with Gasteiger partial charge in [-0.25, -0.2) is 0 Å². The van der Waals surface area contributed by atoms with Crippen LogP contribution in [-0.2, 0) is 0 Å². The van der Waals surface area contributed by atoms with E-state index in [9.17, 15) is 0 Å². The van der Waals surface area contributed by atoms with Crippen LogP contribution in [0.4, 0.5) is 0 Å². The lowest BCUT2D eigenvalue weighted by Crippen LogP contribution is -2.63. The van der Waals surface area contributed by atoms with E-state index in [1.807, 2.05) is 0 Å². The molecular weight excluding hydrogens is 186 g/mol. The molecule has 0 saturated carbocycles. The third-order valence-corrected chi connectivity index (χ3v) is 3.62. The molecule has 0 atom stereocenters. The second-order valence-corrected chi connectivity index (χ2v) is 5.61. The Balaban J connectivity index is 1.66. The molecule has 2 aliphatic rings. The quantitative estimate of drug-likeness (QED) is 0.676. The Morgan fingerprint density at radius 1 is 1.07 bits per heavy atom. The molecule has 0 aromatic heterocycles. The highest BCUT2D eigenvalue weighted by Crippen LogP contribution is 2.17. The molecule has 15 heavy (non-hydrogen) atoms. The van der Waals surface area contributed by atoms with E-state index in [1.54, 1.807) is 0 Å². The molecular formula is C12H25N3. The summed E-state index contributed by atoms with van der Waals surface area (Å²) in [5.74, 6) is 0.818. The molecule has 0 unspecified atom stereocenters. The minimum absolute atomic E-state index is 0.818. The first-order chi connectivity index (χ1) is 7.15. The second-order valence-electron chi connectivity index (χ2n) is 5.61. The molecule has 3 nitrogen and oxygen atoms in total. The smallest absolute Gasteiger partial charge is 0.0351 e. The highest BCUT2D eigenvalue weighted by atomic mass is 15.3. The number of hydrogen-bond acceptors (Lipinski definition) is 3. The molecule has 88 valence electrons. The van der Waals surface area contributed by atoms with Crippen LogP contribution in [0.15, 0.2) is 0 Å². The minimum Gasteiger partial charge on any atom is -0.304 e. The minimum atomic E-state index is 0.818. The number of piperazine rings is 1. The zero-order chi connectivity index (χ0) is 10.8. The van der Waals surface area contributed by atoms with Gasteiger partial charge in [0.25, 0.3) is 0 Å². The van der Waals surface area contributed by atoms with Crippen LogP contribution in [0.5, 0.6) is 0 Å². The van der Waals surface area contributed by atoms with E-state index in [-0.39, 0.29) is 0 Å². The molecule has 2 fully saturated rings. The Morgan fingerprint density at radius 2 is 1.67 bits per heavy atom. The predicted molar refractivity (Wildman–Crippen MR) is 64.1 cm³/mol. The van der Waals surface area contributed by atoms with Crippen molar-refractivity contribution in [2.75, 3.05) is 52.9 Å². The van der Waals surface area contributed by atoms with Crippen LogP contribution in [0.1, 0.15) is 13.8 Å².